The summed E-state index contributed by atoms with van der Waals surface area (Å²) < 4.78 is 2.19. The van der Waals surface area contributed by atoms with Crippen LogP contribution in [0.25, 0.3) is 18.0 Å². The maximum absolute atomic E-state index is 4.77. The lowest BCUT2D eigenvalue weighted by atomic mass is 10.2. The molecular weight excluding hydrogens is 258 g/mol. The van der Waals surface area contributed by atoms with Gasteiger partial charge in [-0.15, -0.1) is 0 Å². The van der Waals surface area contributed by atoms with E-state index in [1.807, 2.05) is 0 Å². The number of rotatable bonds is 1. The normalized spacial score (nSPS) is 24.3. The first-order valence-corrected chi connectivity index (χ1v) is 7.44. The summed E-state index contributed by atoms with van der Waals surface area (Å²) in [5.74, 6) is 1.000. The minimum Gasteiger partial charge on any atom is -0.302 e. The van der Waals surface area contributed by atoms with E-state index in [4.69, 9.17) is 4.99 Å². The van der Waals surface area contributed by atoms with Gasteiger partial charge in [-0.2, -0.15) is 0 Å². The van der Waals surface area contributed by atoms with Crippen LogP contribution in [0, 0.1) is 0 Å². The first kappa shape index (κ1) is 13.8. The standard InChI is InChI=1S/C18H21N3/c1-13-4-5-15(3)20-18(12-13)21-11-9-16-8-10-19-14(2)6-7-17(16)21/h4,7-9,11-12H,5-6,10H2,1-3H3/b16-8+,17-7-,19-14-. The predicted molar refractivity (Wildman–Crippen MR) is 91.0 cm³/mol. The Morgan fingerprint density at radius 2 is 1.81 bits per heavy atom. The van der Waals surface area contributed by atoms with Crippen LogP contribution in [0.3, 0.4) is 0 Å². The SMILES string of the molecule is CC1=CCC(C)=NC(n2ccc3/c2=C/C/C(C)=N\C/C=3)=C1. The van der Waals surface area contributed by atoms with E-state index < -0.39 is 0 Å². The predicted octanol–water partition coefficient (Wildman–Crippen LogP) is 2.52. The van der Waals surface area contributed by atoms with E-state index in [2.05, 4.69) is 66.9 Å². The lowest BCUT2D eigenvalue weighted by Gasteiger charge is -2.06. The molecule has 0 saturated heterocycles. The van der Waals surface area contributed by atoms with Gasteiger partial charge in [-0.1, -0.05) is 23.8 Å². The van der Waals surface area contributed by atoms with Crippen molar-refractivity contribution < 1.29 is 0 Å². The minimum atomic E-state index is 0.761. The lowest BCUT2D eigenvalue weighted by Crippen LogP contribution is -2.29. The monoisotopic (exact) mass is 279 g/mol. The second-order valence-corrected chi connectivity index (χ2v) is 5.72. The Hall–Kier alpha value is -2.16. The fraction of sp³-hybridized carbons (Fsp3) is 0.333. The van der Waals surface area contributed by atoms with E-state index in [0.717, 1.165) is 30.9 Å². The fourth-order valence-electron chi connectivity index (χ4n) is 2.63. The molecule has 0 bridgehead atoms. The number of hydrogen-bond acceptors (Lipinski definition) is 2. The Kier molecular flexibility index (Phi) is 3.74. The smallest absolute Gasteiger partial charge is 0.137 e. The topological polar surface area (TPSA) is 29.6 Å². The highest BCUT2D eigenvalue weighted by Crippen LogP contribution is 2.14. The molecule has 0 atom stereocenters. The highest BCUT2D eigenvalue weighted by Gasteiger charge is 2.07. The summed E-state index contributed by atoms with van der Waals surface area (Å²) in [5, 5.41) is 2.47. The summed E-state index contributed by atoms with van der Waals surface area (Å²) in [6.07, 6.45) is 12.8. The molecule has 0 saturated carbocycles. The summed E-state index contributed by atoms with van der Waals surface area (Å²) in [7, 11) is 0. The van der Waals surface area contributed by atoms with Crippen molar-refractivity contribution in [2.45, 2.75) is 33.6 Å². The van der Waals surface area contributed by atoms with Gasteiger partial charge in [0.2, 0.25) is 0 Å². The van der Waals surface area contributed by atoms with Crippen LogP contribution < -0.4 is 10.6 Å². The summed E-state index contributed by atoms with van der Waals surface area (Å²) in [4.78, 5) is 9.29. The van der Waals surface area contributed by atoms with Crippen LogP contribution in [-0.4, -0.2) is 22.5 Å². The highest BCUT2D eigenvalue weighted by atomic mass is 15.1. The summed E-state index contributed by atoms with van der Waals surface area (Å²) in [5.41, 5.74) is 3.59. The van der Waals surface area contributed by atoms with Crippen molar-refractivity contribution in [1.82, 2.24) is 4.57 Å². The Balaban J connectivity index is 2.17. The summed E-state index contributed by atoms with van der Waals surface area (Å²) in [6.45, 7) is 7.07. The molecular formula is C18H21N3. The van der Waals surface area contributed by atoms with Crippen molar-refractivity contribution in [1.29, 1.82) is 0 Å². The van der Waals surface area contributed by atoms with Crippen molar-refractivity contribution in [2.24, 2.45) is 9.98 Å². The first-order valence-electron chi connectivity index (χ1n) is 7.44. The molecule has 1 aromatic rings. The Morgan fingerprint density at radius 1 is 1.00 bits per heavy atom. The van der Waals surface area contributed by atoms with Gasteiger partial charge in [-0.3, -0.25) is 4.99 Å². The Bertz CT molecular complexity index is 798. The van der Waals surface area contributed by atoms with E-state index >= 15 is 0 Å². The summed E-state index contributed by atoms with van der Waals surface area (Å²) in [6, 6.07) is 2.15. The van der Waals surface area contributed by atoms with Crippen LogP contribution in [0.1, 0.15) is 33.6 Å². The van der Waals surface area contributed by atoms with Gasteiger partial charge >= 0.3 is 0 Å². The van der Waals surface area contributed by atoms with Crippen LogP contribution in [0.4, 0.5) is 0 Å². The van der Waals surface area contributed by atoms with Crippen LogP contribution in [-0.2, 0) is 0 Å². The molecule has 3 rings (SSSR count). The zero-order valence-electron chi connectivity index (χ0n) is 12.9. The average Bonchev–Trinajstić information content (AvgIpc) is 2.73. The second-order valence-electron chi connectivity index (χ2n) is 5.72. The average molecular weight is 279 g/mol. The molecule has 0 spiro atoms. The highest BCUT2D eigenvalue weighted by molar-refractivity contribution is 5.88. The molecule has 3 nitrogen and oxygen atoms in total. The zero-order valence-corrected chi connectivity index (χ0v) is 12.9. The van der Waals surface area contributed by atoms with Gasteiger partial charge in [0.05, 0.1) is 11.9 Å². The Labute approximate surface area is 125 Å². The molecule has 0 aromatic carbocycles. The third-order valence-electron chi connectivity index (χ3n) is 3.85. The lowest BCUT2D eigenvalue weighted by molar-refractivity contribution is 1.02. The van der Waals surface area contributed by atoms with E-state index in [-0.39, 0.29) is 0 Å². The fourth-order valence-corrected chi connectivity index (χ4v) is 2.63. The van der Waals surface area contributed by atoms with Crippen LogP contribution in [0.15, 0.2) is 40.0 Å². The molecule has 1 aromatic heterocycles. The molecule has 2 aliphatic heterocycles. The third-order valence-corrected chi connectivity index (χ3v) is 3.85. The van der Waals surface area contributed by atoms with Gasteiger partial charge in [0.25, 0.3) is 0 Å². The van der Waals surface area contributed by atoms with Crippen molar-refractivity contribution in [3.05, 3.63) is 40.6 Å². The molecule has 0 N–H and O–H groups in total. The number of fused-ring (bicyclic) bond motifs is 1. The summed E-state index contributed by atoms with van der Waals surface area (Å²) >= 11 is 0. The number of nitrogens with zero attached hydrogens (tertiary/aromatic N) is 3. The van der Waals surface area contributed by atoms with Crippen molar-refractivity contribution in [3.63, 3.8) is 0 Å². The molecule has 21 heavy (non-hydrogen) atoms. The van der Waals surface area contributed by atoms with Gasteiger partial charge in [-0.25, -0.2) is 4.99 Å². The maximum atomic E-state index is 4.77. The molecule has 0 amide bonds. The van der Waals surface area contributed by atoms with E-state index in [0.29, 0.717) is 0 Å². The quantitative estimate of drug-likeness (QED) is 0.756. The third kappa shape index (κ3) is 2.97. The van der Waals surface area contributed by atoms with Crippen LogP contribution >= 0.6 is 0 Å². The number of allylic oxidation sites excluding steroid dienone is 3. The zero-order chi connectivity index (χ0) is 14.8. The van der Waals surface area contributed by atoms with Crippen LogP contribution in [0.2, 0.25) is 0 Å². The van der Waals surface area contributed by atoms with Gasteiger partial charge in [0, 0.05) is 30.5 Å². The van der Waals surface area contributed by atoms with Gasteiger partial charge < -0.3 is 4.57 Å². The molecule has 3 heterocycles. The Morgan fingerprint density at radius 3 is 2.67 bits per heavy atom. The maximum Gasteiger partial charge on any atom is 0.137 e. The molecule has 108 valence electrons. The van der Waals surface area contributed by atoms with Crippen LogP contribution in [0.5, 0.6) is 0 Å². The van der Waals surface area contributed by atoms with E-state index in [1.165, 1.54) is 21.9 Å². The molecule has 0 unspecified atom stereocenters. The first-order chi connectivity index (χ1) is 10.1. The van der Waals surface area contributed by atoms with E-state index in [9.17, 15) is 0 Å². The van der Waals surface area contributed by atoms with Crippen molar-refractivity contribution in [3.8, 4) is 0 Å². The van der Waals surface area contributed by atoms with Gasteiger partial charge in [0.15, 0.2) is 0 Å². The molecule has 0 radical (unpaired) electrons. The van der Waals surface area contributed by atoms with Crippen molar-refractivity contribution >= 4 is 29.4 Å². The number of hydrogen-bond donors (Lipinski definition) is 0. The number of aromatic nitrogens is 1. The van der Waals surface area contributed by atoms with E-state index in [1.54, 1.807) is 0 Å². The van der Waals surface area contributed by atoms with Gasteiger partial charge in [0.1, 0.15) is 5.82 Å². The van der Waals surface area contributed by atoms with Crippen molar-refractivity contribution in [2.75, 3.05) is 6.54 Å². The van der Waals surface area contributed by atoms with Gasteiger partial charge in [-0.05, 0) is 38.1 Å². The molecule has 2 aliphatic rings. The molecule has 3 heteroatoms. The second kappa shape index (κ2) is 5.68. The largest absolute Gasteiger partial charge is 0.302 e. The number of aliphatic imine (C=N–C) groups is 2. The minimum absolute atomic E-state index is 0.761. The molecule has 0 aliphatic carbocycles. The molecule has 0 fully saturated rings.